The van der Waals surface area contributed by atoms with Crippen LogP contribution in [0.1, 0.15) is 77.4 Å². The van der Waals surface area contributed by atoms with Gasteiger partial charge in [-0.15, -0.1) is 24.0 Å². The molecule has 1 rings (SSSR count). The summed E-state index contributed by atoms with van der Waals surface area (Å²) in [5.41, 5.74) is 0. The van der Waals surface area contributed by atoms with Crippen LogP contribution in [0.2, 0.25) is 0 Å². The predicted octanol–water partition coefficient (Wildman–Crippen LogP) is 4.13. The lowest BCUT2D eigenvalue weighted by Crippen LogP contribution is -2.40. The van der Waals surface area contributed by atoms with E-state index in [1.165, 1.54) is 32.1 Å². The number of hydrogen-bond acceptors (Lipinski definition) is 4. The molecule has 146 valence electrons. The number of guanidine groups is 1. The summed E-state index contributed by atoms with van der Waals surface area (Å²) in [6.45, 7) is 10.3. The van der Waals surface area contributed by atoms with Crippen LogP contribution in [0.3, 0.4) is 0 Å². The molecule has 1 unspecified atom stereocenters. The molecule has 0 fully saturated rings. The minimum absolute atomic E-state index is 0. The first-order valence-electron chi connectivity index (χ1n) is 9.37. The fraction of sp³-hybridized carbons (Fsp3) is 0.833. The summed E-state index contributed by atoms with van der Waals surface area (Å²) in [6, 6.07) is 0. The van der Waals surface area contributed by atoms with E-state index < -0.39 is 0 Å². The van der Waals surface area contributed by atoms with Gasteiger partial charge in [-0.3, -0.25) is 4.99 Å². The average Bonchev–Trinajstić information content (AvgIpc) is 3.04. The van der Waals surface area contributed by atoms with E-state index >= 15 is 0 Å². The van der Waals surface area contributed by atoms with E-state index in [1.54, 1.807) is 7.05 Å². The van der Waals surface area contributed by atoms with Crippen molar-refractivity contribution in [2.75, 3.05) is 20.1 Å². The summed E-state index contributed by atoms with van der Waals surface area (Å²) in [6.07, 6.45) is 7.05. The maximum absolute atomic E-state index is 5.25. The number of hydrogen-bond donors (Lipinski definition) is 2. The number of unbranched alkanes of at least 4 members (excludes halogenated alkanes) is 1. The summed E-state index contributed by atoms with van der Waals surface area (Å²) in [4.78, 5) is 8.68. The summed E-state index contributed by atoms with van der Waals surface area (Å²) in [5.74, 6) is 3.30. The largest absolute Gasteiger partial charge is 0.356 e. The van der Waals surface area contributed by atoms with E-state index in [-0.39, 0.29) is 24.0 Å². The van der Waals surface area contributed by atoms with E-state index in [0.29, 0.717) is 18.2 Å². The van der Waals surface area contributed by atoms with Gasteiger partial charge in [-0.25, -0.2) is 0 Å². The number of aromatic nitrogens is 2. The van der Waals surface area contributed by atoms with Gasteiger partial charge < -0.3 is 15.2 Å². The van der Waals surface area contributed by atoms with Gasteiger partial charge in [0.05, 0.1) is 0 Å². The minimum atomic E-state index is 0. The van der Waals surface area contributed by atoms with Crippen molar-refractivity contribution >= 4 is 29.9 Å². The summed E-state index contributed by atoms with van der Waals surface area (Å²) < 4.78 is 5.25. The molecule has 0 saturated heterocycles. The Morgan fingerprint density at radius 3 is 2.48 bits per heavy atom. The molecule has 0 bridgehead atoms. The number of halogens is 1. The van der Waals surface area contributed by atoms with Gasteiger partial charge in [0.15, 0.2) is 11.8 Å². The SMILES string of the molecule is CCCCC(CCC)CNC(=NC)NCCc1nc(C(C)C)no1.I. The van der Waals surface area contributed by atoms with Crippen molar-refractivity contribution in [3.8, 4) is 0 Å². The van der Waals surface area contributed by atoms with Crippen molar-refractivity contribution in [3.63, 3.8) is 0 Å². The van der Waals surface area contributed by atoms with Crippen molar-refractivity contribution in [3.05, 3.63) is 11.7 Å². The third-order valence-corrected chi connectivity index (χ3v) is 4.08. The number of nitrogens with one attached hydrogen (secondary N) is 2. The van der Waals surface area contributed by atoms with Gasteiger partial charge in [0.2, 0.25) is 5.89 Å². The molecule has 6 nitrogen and oxygen atoms in total. The molecule has 0 aromatic carbocycles. The van der Waals surface area contributed by atoms with Gasteiger partial charge >= 0.3 is 0 Å². The second-order valence-corrected chi connectivity index (χ2v) is 6.63. The van der Waals surface area contributed by atoms with Crippen LogP contribution >= 0.6 is 24.0 Å². The zero-order chi connectivity index (χ0) is 17.8. The lowest BCUT2D eigenvalue weighted by molar-refractivity contribution is 0.371. The van der Waals surface area contributed by atoms with E-state index in [1.807, 2.05) is 0 Å². The summed E-state index contributed by atoms with van der Waals surface area (Å²) in [5, 5.41) is 10.7. The van der Waals surface area contributed by atoms with Crippen molar-refractivity contribution in [2.24, 2.45) is 10.9 Å². The fourth-order valence-electron chi connectivity index (χ4n) is 2.60. The second-order valence-electron chi connectivity index (χ2n) is 6.63. The Hall–Kier alpha value is -0.860. The third kappa shape index (κ3) is 10.0. The zero-order valence-corrected chi connectivity index (χ0v) is 18.8. The van der Waals surface area contributed by atoms with Crippen LogP contribution in [0.4, 0.5) is 0 Å². The molecule has 1 heterocycles. The third-order valence-electron chi connectivity index (χ3n) is 4.08. The maximum Gasteiger partial charge on any atom is 0.228 e. The highest BCUT2D eigenvalue weighted by Gasteiger charge is 2.10. The molecule has 1 atom stereocenters. The number of nitrogens with zero attached hydrogens (tertiary/aromatic N) is 3. The standard InChI is InChI=1S/C18H35N5O.HI/c1-6-8-10-15(9-7-2)13-21-18(19-5)20-12-11-16-22-17(14(3)4)23-24-16;/h14-15H,6-13H2,1-5H3,(H2,19,20,21);1H. The Labute approximate surface area is 170 Å². The Morgan fingerprint density at radius 2 is 1.92 bits per heavy atom. The normalized spacial score (nSPS) is 12.8. The Morgan fingerprint density at radius 1 is 1.16 bits per heavy atom. The van der Waals surface area contributed by atoms with Crippen molar-refractivity contribution in [1.29, 1.82) is 0 Å². The molecular formula is C18H36IN5O. The lowest BCUT2D eigenvalue weighted by Gasteiger charge is -2.18. The number of aliphatic imine (C=N–C) groups is 1. The van der Waals surface area contributed by atoms with Crippen molar-refractivity contribution < 1.29 is 4.52 Å². The van der Waals surface area contributed by atoms with Gasteiger partial charge in [-0.05, 0) is 18.8 Å². The molecular weight excluding hydrogens is 429 g/mol. The molecule has 0 aliphatic rings. The van der Waals surface area contributed by atoms with Gasteiger partial charge in [-0.2, -0.15) is 4.98 Å². The molecule has 25 heavy (non-hydrogen) atoms. The lowest BCUT2D eigenvalue weighted by atomic mass is 9.97. The first-order valence-corrected chi connectivity index (χ1v) is 9.37. The van der Waals surface area contributed by atoms with Crippen LogP contribution in [0.5, 0.6) is 0 Å². The van der Waals surface area contributed by atoms with Gasteiger partial charge in [0, 0.05) is 32.5 Å². The molecule has 1 aromatic rings. The monoisotopic (exact) mass is 465 g/mol. The Kier molecular flexibility index (Phi) is 13.8. The molecule has 1 aromatic heterocycles. The zero-order valence-electron chi connectivity index (χ0n) is 16.5. The van der Waals surface area contributed by atoms with Crippen molar-refractivity contribution in [2.45, 2.75) is 72.1 Å². The first-order chi connectivity index (χ1) is 11.6. The van der Waals surface area contributed by atoms with Crippen LogP contribution in [0.25, 0.3) is 0 Å². The van der Waals surface area contributed by atoms with E-state index in [9.17, 15) is 0 Å². The Balaban J connectivity index is 0.00000576. The molecule has 7 heteroatoms. The first kappa shape index (κ1) is 24.1. The minimum Gasteiger partial charge on any atom is -0.356 e. The van der Waals surface area contributed by atoms with Gasteiger partial charge in [0.25, 0.3) is 0 Å². The maximum atomic E-state index is 5.25. The van der Waals surface area contributed by atoms with E-state index in [2.05, 4.69) is 53.5 Å². The molecule has 0 radical (unpaired) electrons. The van der Waals surface area contributed by atoms with Crippen LogP contribution in [0, 0.1) is 5.92 Å². The molecule has 0 saturated carbocycles. The fourth-order valence-corrected chi connectivity index (χ4v) is 2.60. The highest BCUT2D eigenvalue weighted by Crippen LogP contribution is 2.13. The number of rotatable bonds is 11. The summed E-state index contributed by atoms with van der Waals surface area (Å²) >= 11 is 0. The highest BCUT2D eigenvalue weighted by atomic mass is 127. The van der Waals surface area contributed by atoms with Crippen LogP contribution in [0.15, 0.2) is 9.52 Å². The molecule has 0 amide bonds. The quantitative estimate of drug-likeness (QED) is 0.292. The Bertz CT molecular complexity index is 476. The van der Waals surface area contributed by atoms with Crippen molar-refractivity contribution in [1.82, 2.24) is 20.8 Å². The van der Waals surface area contributed by atoms with E-state index in [0.717, 1.165) is 30.8 Å². The van der Waals surface area contributed by atoms with Crippen LogP contribution in [-0.2, 0) is 6.42 Å². The second kappa shape index (κ2) is 14.3. The molecule has 0 spiro atoms. The smallest absolute Gasteiger partial charge is 0.228 e. The highest BCUT2D eigenvalue weighted by molar-refractivity contribution is 14.0. The van der Waals surface area contributed by atoms with Gasteiger partial charge in [-0.1, -0.05) is 52.1 Å². The van der Waals surface area contributed by atoms with Crippen LogP contribution < -0.4 is 10.6 Å². The molecule has 2 N–H and O–H groups in total. The summed E-state index contributed by atoms with van der Waals surface area (Å²) in [7, 11) is 1.81. The van der Waals surface area contributed by atoms with Crippen LogP contribution in [-0.4, -0.2) is 36.2 Å². The average molecular weight is 465 g/mol. The molecule has 0 aliphatic heterocycles. The van der Waals surface area contributed by atoms with Gasteiger partial charge in [0.1, 0.15) is 0 Å². The van der Waals surface area contributed by atoms with E-state index in [4.69, 9.17) is 4.52 Å². The molecule has 0 aliphatic carbocycles. The predicted molar refractivity (Wildman–Crippen MR) is 115 cm³/mol. The topological polar surface area (TPSA) is 75.3 Å².